The number of benzene rings is 1. The van der Waals surface area contributed by atoms with Crippen molar-refractivity contribution < 1.29 is 4.79 Å². The monoisotopic (exact) mass is 279 g/mol. The van der Waals surface area contributed by atoms with Gasteiger partial charge >= 0.3 is 0 Å². The molecule has 0 fully saturated rings. The van der Waals surface area contributed by atoms with Crippen LogP contribution in [-0.2, 0) is 17.6 Å². The molecular weight excluding hydrogens is 262 g/mol. The van der Waals surface area contributed by atoms with Crippen LogP contribution in [0.3, 0.4) is 0 Å². The summed E-state index contributed by atoms with van der Waals surface area (Å²) < 4.78 is 2.04. The van der Waals surface area contributed by atoms with Gasteiger partial charge in [0.1, 0.15) is 5.82 Å². The Hall–Kier alpha value is -2.62. The molecule has 2 aromatic heterocycles. The Bertz CT molecular complexity index is 734. The molecule has 1 aromatic carbocycles. The largest absolute Gasteiger partial charge is 0.355 e. The van der Waals surface area contributed by atoms with Crippen LogP contribution in [0, 0.1) is 0 Å². The van der Waals surface area contributed by atoms with Gasteiger partial charge in [-0.15, -0.1) is 0 Å². The number of fused-ring (bicyclic) bond motifs is 1. The average molecular weight is 279 g/mol. The first-order valence-electron chi connectivity index (χ1n) is 7.04. The third-order valence-corrected chi connectivity index (χ3v) is 3.39. The van der Waals surface area contributed by atoms with Crippen LogP contribution in [-0.4, -0.2) is 21.8 Å². The highest BCUT2D eigenvalue weighted by Crippen LogP contribution is 2.06. The first-order valence-corrected chi connectivity index (χ1v) is 7.04. The highest BCUT2D eigenvalue weighted by atomic mass is 16.1. The van der Waals surface area contributed by atoms with Gasteiger partial charge in [-0.05, 0) is 17.7 Å². The number of nitrogens with zero attached hydrogens (tertiary/aromatic N) is 2. The summed E-state index contributed by atoms with van der Waals surface area (Å²) in [6, 6.07) is 15.7. The molecule has 0 saturated carbocycles. The normalized spacial score (nSPS) is 10.7. The zero-order chi connectivity index (χ0) is 14.5. The molecule has 0 bridgehead atoms. The molecule has 4 heteroatoms. The molecule has 1 N–H and O–H groups in total. The maximum absolute atomic E-state index is 11.9. The topological polar surface area (TPSA) is 46.4 Å². The fourth-order valence-corrected chi connectivity index (χ4v) is 2.34. The van der Waals surface area contributed by atoms with E-state index in [0.29, 0.717) is 13.0 Å². The fourth-order valence-electron chi connectivity index (χ4n) is 2.34. The number of imidazole rings is 1. The number of rotatable bonds is 5. The Labute approximate surface area is 123 Å². The van der Waals surface area contributed by atoms with Crippen molar-refractivity contribution in [1.82, 2.24) is 14.7 Å². The van der Waals surface area contributed by atoms with Gasteiger partial charge in [0, 0.05) is 19.2 Å². The number of pyridine rings is 1. The van der Waals surface area contributed by atoms with Crippen LogP contribution in [0.4, 0.5) is 0 Å². The summed E-state index contributed by atoms with van der Waals surface area (Å²) >= 11 is 0. The molecule has 0 saturated heterocycles. The minimum absolute atomic E-state index is 0.0436. The van der Waals surface area contributed by atoms with Gasteiger partial charge in [-0.2, -0.15) is 0 Å². The molecular formula is C17H17N3O. The van der Waals surface area contributed by atoms with E-state index in [4.69, 9.17) is 0 Å². The standard InChI is InChI=1S/C17H17N3O/c21-17(12-14-6-2-1-3-7-14)18-10-9-16-19-13-15-8-4-5-11-20(15)16/h1-8,11,13H,9-10,12H2,(H,18,21). The SMILES string of the molecule is O=C(Cc1ccccc1)NCCc1ncc2ccccn12. The lowest BCUT2D eigenvalue weighted by Crippen LogP contribution is -2.27. The van der Waals surface area contributed by atoms with Crippen molar-refractivity contribution in [3.63, 3.8) is 0 Å². The predicted octanol–water partition coefficient (Wildman–Crippen LogP) is 2.24. The quantitative estimate of drug-likeness (QED) is 0.778. The van der Waals surface area contributed by atoms with Gasteiger partial charge in [-0.25, -0.2) is 4.98 Å². The van der Waals surface area contributed by atoms with Gasteiger partial charge in [-0.1, -0.05) is 36.4 Å². The van der Waals surface area contributed by atoms with Crippen molar-refractivity contribution >= 4 is 11.4 Å². The van der Waals surface area contributed by atoms with E-state index in [-0.39, 0.29) is 5.91 Å². The third kappa shape index (κ3) is 3.28. The van der Waals surface area contributed by atoms with Gasteiger partial charge in [0.05, 0.1) is 18.1 Å². The van der Waals surface area contributed by atoms with Crippen molar-refractivity contribution in [2.24, 2.45) is 0 Å². The van der Waals surface area contributed by atoms with Crippen LogP contribution in [0.2, 0.25) is 0 Å². The number of hydrogen-bond donors (Lipinski definition) is 1. The summed E-state index contributed by atoms with van der Waals surface area (Å²) in [5, 5.41) is 2.94. The van der Waals surface area contributed by atoms with E-state index in [1.54, 1.807) is 0 Å². The van der Waals surface area contributed by atoms with E-state index in [1.165, 1.54) is 0 Å². The number of carbonyl (C=O) groups excluding carboxylic acids is 1. The van der Waals surface area contributed by atoms with E-state index >= 15 is 0 Å². The smallest absolute Gasteiger partial charge is 0.224 e. The summed E-state index contributed by atoms with van der Waals surface area (Å²) in [7, 11) is 0. The molecule has 1 amide bonds. The van der Waals surface area contributed by atoms with E-state index in [9.17, 15) is 4.79 Å². The Morgan fingerprint density at radius 1 is 1.10 bits per heavy atom. The van der Waals surface area contributed by atoms with Crippen molar-refractivity contribution in [3.05, 3.63) is 72.3 Å². The van der Waals surface area contributed by atoms with E-state index in [1.807, 2.05) is 65.3 Å². The Morgan fingerprint density at radius 2 is 1.90 bits per heavy atom. The molecule has 106 valence electrons. The minimum Gasteiger partial charge on any atom is -0.355 e. The molecule has 0 spiro atoms. The van der Waals surface area contributed by atoms with Crippen LogP contribution in [0.15, 0.2) is 60.9 Å². The second kappa shape index (κ2) is 6.22. The average Bonchev–Trinajstić information content (AvgIpc) is 2.92. The first-order chi connectivity index (χ1) is 10.3. The molecule has 0 atom stereocenters. The molecule has 0 aliphatic heterocycles. The van der Waals surface area contributed by atoms with Gasteiger partial charge in [0.25, 0.3) is 0 Å². The second-order valence-electron chi connectivity index (χ2n) is 4.93. The molecule has 2 heterocycles. The maximum atomic E-state index is 11.9. The van der Waals surface area contributed by atoms with Crippen molar-refractivity contribution in [3.8, 4) is 0 Å². The predicted molar refractivity (Wildman–Crippen MR) is 82.1 cm³/mol. The summed E-state index contributed by atoms with van der Waals surface area (Å²) in [6.45, 7) is 0.597. The molecule has 3 rings (SSSR count). The number of hydrogen-bond acceptors (Lipinski definition) is 2. The molecule has 0 aliphatic rings. The summed E-state index contributed by atoms with van der Waals surface area (Å²) in [5.74, 6) is 1.01. The third-order valence-electron chi connectivity index (χ3n) is 3.39. The van der Waals surface area contributed by atoms with Gasteiger partial charge in [0.15, 0.2) is 0 Å². The lowest BCUT2D eigenvalue weighted by molar-refractivity contribution is -0.120. The second-order valence-corrected chi connectivity index (χ2v) is 4.93. The van der Waals surface area contributed by atoms with Crippen molar-refractivity contribution in [1.29, 1.82) is 0 Å². The number of nitrogens with one attached hydrogen (secondary N) is 1. The number of amides is 1. The summed E-state index contributed by atoms with van der Waals surface area (Å²) in [6.07, 6.45) is 4.98. The number of aromatic nitrogens is 2. The maximum Gasteiger partial charge on any atom is 0.224 e. The summed E-state index contributed by atoms with van der Waals surface area (Å²) in [5.41, 5.74) is 2.10. The van der Waals surface area contributed by atoms with Crippen LogP contribution in [0.25, 0.3) is 5.52 Å². The van der Waals surface area contributed by atoms with Gasteiger partial charge in [0.2, 0.25) is 5.91 Å². The Balaban J connectivity index is 1.53. The van der Waals surface area contributed by atoms with Crippen LogP contribution >= 0.6 is 0 Å². The van der Waals surface area contributed by atoms with Gasteiger partial charge < -0.3 is 9.72 Å². The van der Waals surface area contributed by atoms with Crippen LogP contribution in [0.1, 0.15) is 11.4 Å². The van der Waals surface area contributed by atoms with Gasteiger partial charge in [-0.3, -0.25) is 4.79 Å². The van der Waals surface area contributed by atoms with Crippen LogP contribution < -0.4 is 5.32 Å². The molecule has 4 nitrogen and oxygen atoms in total. The van der Waals surface area contributed by atoms with Crippen molar-refractivity contribution in [2.45, 2.75) is 12.8 Å². The zero-order valence-corrected chi connectivity index (χ0v) is 11.7. The fraction of sp³-hybridized carbons (Fsp3) is 0.176. The van der Waals surface area contributed by atoms with Crippen LogP contribution in [0.5, 0.6) is 0 Å². The molecule has 0 aliphatic carbocycles. The van der Waals surface area contributed by atoms with E-state index < -0.39 is 0 Å². The van der Waals surface area contributed by atoms with E-state index in [0.717, 1.165) is 23.3 Å². The Morgan fingerprint density at radius 3 is 2.76 bits per heavy atom. The lowest BCUT2D eigenvalue weighted by Gasteiger charge is -2.05. The molecule has 3 aromatic rings. The molecule has 21 heavy (non-hydrogen) atoms. The van der Waals surface area contributed by atoms with E-state index in [2.05, 4.69) is 10.3 Å². The summed E-state index contributed by atoms with van der Waals surface area (Å²) in [4.78, 5) is 16.3. The highest BCUT2D eigenvalue weighted by Gasteiger charge is 2.05. The highest BCUT2D eigenvalue weighted by molar-refractivity contribution is 5.78. The molecule has 0 radical (unpaired) electrons. The Kier molecular flexibility index (Phi) is 3.96. The minimum atomic E-state index is 0.0436. The van der Waals surface area contributed by atoms with Crippen molar-refractivity contribution in [2.75, 3.05) is 6.54 Å². The molecule has 0 unspecified atom stereocenters. The first kappa shape index (κ1) is 13.4. The lowest BCUT2D eigenvalue weighted by atomic mass is 10.1. The zero-order valence-electron chi connectivity index (χ0n) is 11.7. The number of carbonyl (C=O) groups is 1.